The summed E-state index contributed by atoms with van der Waals surface area (Å²) in [6.45, 7) is 18.4. The lowest BCUT2D eigenvalue weighted by atomic mass is 9.83. The number of nitrogens with zero attached hydrogens (tertiary/aromatic N) is 8. The van der Waals surface area contributed by atoms with Gasteiger partial charge in [0.05, 0.1) is 69.8 Å². The molecule has 3 aliphatic heterocycles. The molecule has 20 nitrogen and oxygen atoms in total. The number of rotatable bonds is 20. The average Bonchev–Trinajstić information content (AvgIpc) is 3.28. The van der Waals surface area contributed by atoms with Gasteiger partial charge in [0.15, 0.2) is 0 Å². The van der Waals surface area contributed by atoms with Crippen LogP contribution in [0.4, 0.5) is 21.7 Å². The van der Waals surface area contributed by atoms with Crippen LogP contribution in [-0.4, -0.2) is 143 Å². The fourth-order valence-corrected chi connectivity index (χ4v) is 12.2. The van der Waals surface area contributed by atoms with Crippen LogP contribution in [0.2, 0.25) is 0 Å². The minimum absolute atomic E-state index is 0.0246. The molecule has 1 saturated heterocycles. The molecular weight excluding hydrogens is 1080 g/mol. The van der Waals surface area contributed by atoms with Crippen LogP contribution < -0.4 is 31.3 Å². The summed E-state index contributed by atoms with van der Waals surface area (Å²) in [5.41, 5.74) is 13.4. The number of ether oxygens (including phenoxy) is 3. The number of likely N-dealkylation sites (N-methyl/N-ethyl adjacent to an activating group) is 2. The number of nitrogens with two attached hydrogens (primary N) is 1. The highest BCUT2D eigenvalue weighted by molar-refractivity contribution is 5.97. The van der Waals surface area contributed by atoms with Gasteiger partial charge in [-0.15, -0.1) is 5.10 Å². The summed E-state index contributed by atoms with van der Waals surface area (Å²) >= 11 is 0. The fraction of sp³-hybridized carbons (Fsp3) is 0.500. The predicted molar refractivity (Wildman–Crippen MR) is 319 cm³/mol. The lowest BCUT2D eigenvalue weighted by Crippen LogP contribution is -2.62. The number of anilines is 2. The highest BCUT2D eigenvalue weighted by Gasteiger charge is 2.44. The number of hydrogen-bond acceptors (Lipinski definition) is 13. The zero-order chi connectivity index (χ0) is 60.1. The molecule has 0 radical (unpaired) electrons. The second-order valence-electron chi connectivity index (χ2n) is 24.1. The molecule has 2 aromatic heterocycles. The first kappa shape index (κ1) is 60.2. The first-order chi connectivity index (χ1) is 40.9. The van der Waals surface area contributed by atoms with Crippen molar-refractivity contribution >= 4 is 46.9 Å². The second kappa shape index (κ2) is 26.1. The van der Waals surface area contributed by atoms with Crippen molar-refractivity contribution < 1.29 is 42.6 Å². The molecule has 21 heteroatoms. The molecular formula is C64H79FN12O8. The van der Waals surface area contributed by atoms with Gasteiger partial charge in [0, 0.05) is 49.9 Å². The Bertz CT molecular complexity index is 3350. The summed E-state index contributed by atoms with van der Waals surface area (Å²) in [4.78, 5) is 86.0. The number of aryl methyl sites for hydroxylation is 1. The van der Waals surface area contributed by atoms with Gasteiger partial charge in [-0.1, -0.05) is 57.7 Å². The van der Waals surface area contributed by atoms with E-state index in [-0.39, 0.29) is 119 Å². The molecule has 0 spiro atoms. The Labute approximate surface area is 496 Å². The van der Waals surface area contributed by atoms with Crippen LogP contribution in [-0.2, 0) is 61.1 Å². The normalized spacial score (nSPS) is 18.9. The van der Waals surface area contributed by atoms with Crippen LogP contribution in [0.15, 0.2) is 72.9 Å². The van der Waals surface area contributed by atoms with E-state index in [2.05, 4.69) is 42.8 Å². The predicted octanol–water partition coefficient (Wildman–Crippen LogP) is 7.22. The third-order valence-corrected chi connectivity index (χ3v) is 17.2. The second-order valence-corrected chi connectivity index (χ2v) is 24.1. The van der Waals surface area contributed by atoms with Crippen molar-refractivity contribution in [2.45, 2.75) is 141 Å². The molecule has 5 aliphatic rings. The van der Waals surface area contributed by atoms with Gasteiger partial charge >= 0.3 is 0 Å². The van der Waals surface area contributed by atoms with E-state index in [9.17, 15) is 28.4 Å². The van der Waals surface area contributed by atoms with Gasteiger partial charge in [-0.25, -0.2) is 9.37 Å². The molecule has 85 heavy (non-hydrogen) atoms. The number of pyridine rings is 1. The maximum Gasteiger partial charge on any atom is 0.260 e. The van der Waals surface area contributed by atoms with Gasteiger partial charge in [-0.3, -0.25) is 24.0 Å². The summed E-state index contributed by atoms with van der Waals surface area (Å²) in [6.07, 6.45) is 7.90. The van der Waals surface area contributed by atoms with E-state index in [1.807, 2.05) is 57.2 Å². The van der Waals surface area contributed by atoms with E-state index in [1.165, 1.54) is 17.7 Å². The van der Waals surface area contributed by atoms with E-state index in [4.69, 9.17) is 31.6 Å². The van der Waals surface area contributed by atoms with Crippen LogP contribution in [0.1, 0.15) is 129 Å². The number of benzene rings is 3. The maximum atomic E-state index is 15.0. The molecule has 1 saturated carbocycles. The molecule has 2 bridgehead atoms. The van der Waals surface area contributed by atoms with Crippen LogP contribution >= 0.6 is 0 Å². The van der Waals surface area contributed by atoms with E-state index in [0.29, 0.717) is 64.6 Å². The van der Waals surface area contributed by atoms with Crippen molar-refractivity contribution in [3.8, 4) is 16.9 Å². The fourth-order valence-electron chi connectivity index (χ4n) is 12.2. The van der Waals surface area contributed by atoms with Crippen molar-refractivity contribution in [2.24, 2.45) is 5.41 Å². The van der Waals surface area contributed by atoms with E-state index in [1.54, 1.807) is 52.7 Å². The lowest BCUT2D eigenvalue weighted by Gasteiger charge is -2.41. The first-order valence-electron chi connectivity index (χ1n) is 29.8. The summed E-state index contributed by atoms with van der Waals surface area (Å²) < 4.78 is 34.3. The smallest absolute Gasteiger partial charge is 0.260 e. The van der Waals surface area contributed by atoms with Gasteiger partial charge in [0.25, 0.3) is 11.7 Å². The summed E-state index contributed by atoms with van der Waals surface area (Å²) in [5.74, 6) is -0.525. The molecule has 0 unspecified atom stereocenters. The standard InChI is InChI=1S/C64H79FN12O8/c1-39(67-5)60(79)71-57(64(2,3)4)63(82)76-37-43-32-46(21-17-41(43)33-54(76)61(80)70-50-15-10-13-40-12-8-9-14-47(40)50)85-31-30-84-29-28-83-27-23-55(78)73(7)25-26-77-59(68-6)56-42-34-53(58(66)69-36-42)74-24-11-16-52(74)49-35-44(65)18-22-48(49)62(81)75(45-19-20-45)38-51(56)72-77/h8-9,12,14,17-18,21-22,32,34-36,39,45,50,52,54,57,67H,10-11,13,15-16,19-20,23-31,33,37-38H2,1-5,7H3,(H2,66,69)(H,70,80)(H,71,79)/t39-,50+,52+,54-,57+/m0/s1. The van der Waals surface area contributed by atoms with Crippen LogP contribution in [0.25, 0.3) is 16.0 Å². The quantitative estimate of drug-likeness (QED) is 0.0447. The Kier molecular flexibility index (Phi) is 18.5. The SMILES string of the molecule is [C-]#[N+]c1c2c(nn1CCN(C)C(=O)CCOCCOCCOc1ccc3c(c1)CN(C(=O)[C@@H](NC(=O)[C@H](C)NC)C(C)(C)C)[C@H](C(=O)N[C@@H]1CCCc4ccccc41)C3)CN(C1CC1)C(=O)c1ccc(F)cc1[C@H]1CCCN1c1cc-2cnc1N. The molecule has 5 amide bonds. The van der Waals surface area contributed by atoms with Gasteiger partial charge in [-0.2, -0.15) is 4.68 Å². The number of fused-ring (bicyclic) bond motifs is 10. The highest BCUT2D eigenvalue weighted by atomic mass is 19.1. The number of nitrogen functional groups attached to an aromatic ring is 1. The van der Waals surface area contributed by atoms with Gasteiger partial charge in [0.1, 0.15) is 48.3 Å². The maximum absolute atomic E-state index is 15.0. The molecule has 10 rings (SSSR count). The topological polar surface area (TPSA) is 223 Å². The van der Waals surface area contributed by atoms with Gasteiger partial charge in [-0.05, 0) is 134 Å². The largest absolute Gasteiger partial charge is 0.491 e. The number of carbonyl (C=O) groups excluding carboxylic acids is 5. The van der Waals surface area contributed by atoms with Crippen LogP contribution in [0.3, 0.4) is 0 Å². The summed E-state index contributed by atoms with van der Waals surface area (Å²) in [7, 11) is 3.38. The number of carbonyl (C=O) groups is 5. The van der Waals surface area contributed by atoms with Gasteiger partial charge in [0.2, 0.25) is 23.6 Å². The van der Waals surface area contributed by atoms with Crippen molar-refractivity contribution in [2.75, 3.05) is 70.9 Å². The number of amides is 5. The Morgan fingerprint density at radius 1 is 0.906 bits per heavy atom. The van der Waals surface area contributed by atoms with Crippen LogP contribution in [0, 0.1) is 17.8 Å². The molecule has 3 aromatic carbocycles. The Morgan fingerprint density at radius 3 is 2.45 bits per heavy atom. The number of halogens is 1. The minimum Gasteiger partial charge on any atom is -0.491 e. The van der Waals surface area contributed by atoms with Crippen molar-refractivity contribution in [1.82, 2.24) is 45.4 Å². The number of hydrogen-bond donors (Lipinski definition) is 4. The summed E-state index contributed by atoms with van der Waals surface area (Å²) in [5, 5.41) is 14.2. The monoisotopic (exact) mass is 1160 g/mol. The molecule has 5 heterocycles. The Balaban J connectivity index is 0.716. The molecule has 5 aromatic rings. The molecule has 450 valence electrons. The number of aromatic nitrogens is 3. The Hall–Kier alpha value is -7.93. The summed E-state index contributed by atoms with van der Waals surface area (Å²) in [6, 6.07) is 17.4. The van der Waals surface area contributed by atoms with Crippen molar-refractivity contribution in [3.63, 3.8) is 0 Å². The van der Waals surface area contributed by atoms with Crippen molar-refractivity contribution in [3.05, 3.63) is 129 Å². The first-order valence-corrected chi connectivity index (χ1v) is 29.8. The molecule has 5 atom stereocenters. The highest BCUT2D eigenvalue weighted by Crippen LogP contribution is 2.45. The van der Waals surface area contributed by atoms with E-state index >= 15 is 0 Å². The minimum atomic E-state index is -0.906. The lowest BCUT2D eigenvalue weighted by molar-refractivity contribution is -0.147. The molecule has 5 N–H and O–H groups in total. The van der Waals surface area contributed by atoms with E-state index in [0.717, 1.165) is 55.2 Å². The zero-order valence-electron chi connectivity index (χ0n) is 49.6. The Morgan fingerprint density at radius 2 is 1.68 bits per heavy atom. The third-order valence-electron chi connectivity index (χ3n) is 17.2. The van der Waals surface area contributed by atoms with Gasteiger partial charge < -0.3 is 60.3 Å². The average molecular weight is 1160 g/mol. The van der Waals surface area contributed by atoms with Crippen LogP contribution in [0.5, 0.6) is 5.75 Å². The van der Waals surface area contributed by atoms with Crippen molar-refractivity contribution in [1.29, 1.82) is 0 Å². The van der Waals surface area contributed by atoms with E-state index < -0.39 is 29.4 Å². The molecule has 2 fully saturated rings. The molecule has 2 aliphatic carbocycles. The number of nitrogens with one attached hydrogen (secondary N) is 3. The zero-order valence-corrected chi connectivity index (χ0v) is 49.6. The third kappa shape index (κ3) is 13.5.